The van der Waals surface area contributed by atoms with E-state index >= 15 is 0 Å². The first kappa shape index (κ1) is 11.1. The maximum atomic E-state index is 5.91. The zero-order valence-electron chi connectivity index (χ0n) is 7.58. The van der Waals surface area contributed by atoms with Gasteiger partial charge in [-0.15, -0.1) is 0 Å². The van der Waals surface area contributed by atoms with Gasteiger partial charge in [-0.3, -0.25) is 4.68 Å². The first-order valence-corrected chi connectivity index (χ1v) is 5.79. The molecule has 0 unspecified atom stereocenters. The van der Waals surface area contributed by atoms with Crippen LogP contribution in [0.3, 0.4) is 0 Å². The molecule has 78 valence electrons. The highest BCUT2D eigenvalue weighted by Gasteiger charge is 2.11. The number of aromatic nitrogens is 4. The third-order valence-electron chi connectivity index (χ3n) is 1.73. The predicted molar refractivity (Wildman–Crippen MR) is 67.0 cm³/mol. The number of hydrogen-bond donors (Lipinski definition) is 0. The van der Waals surface area contributed by atoms with Gasteiger partial charge < -0.3 is 0 Å². The fraction of sp³-hybridized carbons (Fsp3) is 0.125. The summed E-state index contributed by atoms with van der Waals surface area (Å²) in [5.74, 6) is 0.485. The highest BCUT2D eigenvalue weighted by Crippen LogP contribution is 2.26. The lowest BCUT2D eigenvalue weighted by molar-refractivity contribution is 0.768. The Morgan fingerprint density at radius 2 is 1.87 bits per heavy atom. The van der Waals surface area contributed by atoms with Crippen LogP contribution < -0.4 is 0 Å². The fourth-order valence-corrected chi connectivity index (χ4v) is 1.69. The van der Waals surface area contributed by atoms with Crippen LogP contribution in [-0.2, 0) is 7.05 Å². The lowest BCUT2D eigenvalue weighted by atomic mass is 10.3. The van der Waals surface area contributed by atoms with Gasteiger partial charge >= 0.3 is 0 Å². The van der Waals surface area contributed by atoms with Gasteiger partial charge in [0.1, 0.15) is 10.3 Å². The van der Waals surface area contributed by atoms with Crippen molar-refractivity contribution in [1.82, 2.24) is 19.7 Å². The second-order valence-electron chi connectivity index (χ2n) is 2.85. The number of nitrogens with zero attached hydrogens (tertiary/aromatic N) is 4. The largest absolute Gasteiger partial charge is 0.275 e. The topological polar surface area (TPSA) is 43.6 Å². The second-order valence-corrected chi connectivity index (χ2v) is 4.64. The maximum absolute atomic E-state index is 5.91. The van der Waals surface area contributed by atoms with Crippen molar-refractivity contribution >= 4 is 45.8 Å². The van der Waals surface area contributed by atoms with Crippen LogP contribution in [0, 0.1) is 3.57 Å². The van der Waals surface area contributed by atoms with E-state index < -0.39 is 0 Å². The Labute approximate surface area is 110 Å². The van der Waals surface area contributed by atoms with Crippen LogP contribution in [-0.4, -0.2) is 19.7 Å². The highest BCUT2D eigenvalue weighted by molar-refractivity contribution is 14.1. The van der Waals surface area contributed by atoms with E-state index in [0.29, 0.717) is 19.7 Å². The van der Waals surface area contributed by atoms with E-state index in [2.05, 4.69) is 15.1 Å². The number of halogens is 3. The second kappa shape index (κ2) is 4.23. The summed E-state index contributed by atoms with van der Waals surface area (Å²) in [4.78, 5) is 8.25. The molecule has 0 saturated heterocycles. The van der Waals surface area contributed by atoms with E-state index in [1.54, 1.807) is 17.1 Å². The summed E-state index contributed by atoms with van der Waals surface area (Å²) in [5, 5.41) is 4.74. The molecule has 0 aliphatic carbocycles. The molecule has 0 fully saturated rings. The van der Waals surface area contributed by atoms with Crippen LogP contribution in [0.15, 0.2) is 12.4 Å². The smallest absolute Gasteiger partial charge is 0.165 e. The Morgan fingerprint density at radius 3 is 2.33 bits per heavy atom. The van der Waals surface area contributed by atoms with Crippen LogP contribution >= 0.6 is 45.8 Å². The molecule has 7 heteroatoms. The third-order valence-corrected chi connectivity index (χ3v) is 3.94. The Balaban J connectivity index is 2.55. The summed E-state index contributed by atoms with van der Waals surface area (Å²) >= 11 is 13.8. The van der Waals surface area contributed by atoms with Gasteiger partial charge in [-0.05, 0) is 22.6 Å². The average Bonchev–Trinajstić information content (AvgIpc) is 2.60. The monoisotopic (exact) mass is 354 g/mol. The SMILES string of the molecule is Cn1cc(-c2nc(Cl)c(I)c(Cl)n2)cn1. The molecule has 2 rings (SSSR count). The molecule has 0 saturated carbocycles. The van der Waals surface area contributed by atoms with Crippen LogP contribution in [0.2, 0.25) is 10.3 Å². The van der Waals surface area contributed by atoms with Crippen molar-refractivity contribution in [3.05, 3.63) is 26.3 Å². The molecule has 0 bridgehead atoms. The Morgan fingerprint density at radius 1 is 1.27 bits per heavy atom. The first-order chi connectivity index (χ1) is 7.08. The van der Waals surface area contributed by atoms with E-state index in [1.165, 1.54) is 0 Å². The molecule has 0 aliphatic heterocycles. The van der Waals surface area contributed by atoms with Crippen LogP contribution in [0.4, 0.5) is 0 Å². The minimum Gasteiger partial charge on any atom is -0.275 e. The standard InChI is InChI=1S/C8H5Cl2IN4/c1-15-3-4(2-12-15)8-13-6(9)5(11)7(10)14-8/h2-3H,1H3. The van der Waals surface area contributed by atoms with E-state index in [9.17, 15) is 0 Å². The maximum Gasteiger partial charge on any atom is 0.165 e. The molecule has 0 radical (unpaired) electrons. The van der Waals surface area contributed by atoms with Crippen molar-refractivity contribution in [2.24, 2.45) is 7.05 Å². The normalized spacial score (nSPS) is 10.7. The quantitative estimate of drug-likeness (QED) is 0.584. The van der Waals surface area contributed by atoms with Gasteiger partial charge in [-0.2, -0.15) is 5.10 Å². The lowest BCUT2D eigenvalue weighted by Gasteiger charge is -2.00. The molecular weight excluding hydrogens is 350 g/mol. The fourth-order valence-electron chi connectivity index (χ4n) is 1.06. The minimum absolute atomic E-state index is 0.356. The highest BCUT2D eigenvalue weighted by atomic mass is 127. The van der Waals surface area contributed by atoms with Crippen molar-refractivity contribution in [3.63, 3.8) is 0 Å². The average molecular weight is 355 g/mol. The molecule has 0 aliphatic rings. The Bertz CT molecular complexity index is 488. The van der Waals surface area contributed by atoms with Gasteiger partial charge in [0.25, 0.3) is 0 Å². The minimum atomic E-state index is 0.356. The van der Waals surface area contributed by atoms with Crippen LogP contribution in [0.25, 0.3) is 11.4 Å². The third kappa shape index (κ3) is 2.24. The van der Waals surface area contributed by atoms with Gasteiger partial charge in [0, 0.05) is 13.2 Å². The summed E-state index contributed by atoms with van der Waals surface area (Å²) in [7, 11) is 1.82. The van der Waals surface area contributed by atoms with Crippen molar-refractivity contribution in [3.8, 4) is 11.4 Å². The van der Waals surface area contributed by atoms with E-state index in [1.807, 2.05) is 29.6 Å². The zero-order chi connectivity index (χ0) is 11.0. The van der Waals surface area contributed by atoms with Gasteiger partial charge in [-0.1, -0.05) is 23.2 Å². The number of hydrogen-bond acceptors (Lipinski definition) is 3. The summed E-state index contributed by atoms with van der Waals surface area (Å²) in [6, 6.07) is 0. The number of rotatable bonds is 1. The molecule has 0 amide bonds. The summed E-state index contributed by atoms with van der Waals surface area (Å²) in [6.07, 6.45) is 3.46. The van der Waals surface area contributed by atoms with Crippen molar-refractivity contribution in [2.75, 3.05) is 0 Å². The molecule has 0 atom stereocenters. The van der Waals surface area contributed by atoms with Crippen LogP contribution in [0.1, 0.15) is 0 Å². The lowest BCUT2D eigenvalue weighted by Crippen LogP contribution is -1.93. The van der Waals surface area contributed by atoms with E-state index in [4.69, 9.17) is 23.2 Å². The molecular formula is C8H5Cl2IN4. The van der Waals surface area contributed by atoms with Gasteiger partial charge in [0.2, 0.25) is 0 Å². The van der Waals surface area contributed by atoms with Crippen molar-refractivity contribution < 1.29 is 0 Å². The summed E-state index contributed by atoms with van der Waals surface area (Å²) in [6.45, 7) is 0. The van der Waals surface area contributed by atoms with Gasteiger partial charge in [0.05, 0.1) is 15.3 Å². The van der Waals surface area contributed by atoms with E-state index in [0.717, 1.165) is 5.56 Å². The van der Waals surface area contributed by atoms with Crippen LogP contribution in [0.5, 0.6) is 0 Å². The van der Waals surface area contributed by atoms with E-state index in [-0.39, 0.29) is 0 Å². The van der Waals surface area contributed by atoms with Gasteiger partial charge in [-0.25, -0.2) is 9.97 Å². The molecule has 2 aromatic rings. The zero-order valence-corrected chi connectivity index (χ0v) is 11.2. The molecule has 0 N–H and O–H groups in total. The molecule has 2 heterocycles. The van der Waals surface area contributed by atoms with Gasteiger partial charge in [0.15, 0.2) is 5.82 Å². The summed E-state index contributed by atoms with van der Waals surface area (Å²) < 4.78 is 2.32. The first-order valence-electron chi connectivity index (χ1n) is 3.95. The Kier molecular flexibility index (Phi) is 3.13. The van der Waals surface area contributed by atoms with Crippen molar-refractivity contribution in [2.45, 2.75) is 0 Å². The van der Waals surface area contributed by atoms with Crippen molar-refractivity contribution in [1.29, 1.82) is 0 Å². The molecule has 0 spiro atoms. The Hall–Kier alpha value is -0.400. The number of aryl methyl sites for hydroxylation is 1. The molecule has 4 nitrogen and oxygen atoms in total. The molecule has 2 aromatic heterocycles. The molecule has 15 heavy (non-hydrogen) atoms. The molecule has 0 aromatic carbocycles. The predicted octanol–water partition coefficient (Wildman–Crippen LogP) is 2.79. The summed E-state index contributed by atoms with van der Waals surface area (Å²) in [5.41, 5.74) is 0.790.